The Hall–Kier alpha value is -3.25. The van der Waals surface area contributed by atoms with E-state index in [-0.39, 0.29) is 23.9 Å². The Morgan fingerprint density at radius 1 is 1.19 bits per heavy atom. The number of anilines is 1. The summed E-state index contributed by atoms with van der Waals surface area (Å²) in [5, 5.41) is 9.18. The molecule has 1 unspecified atom stereocenters. The van der Waals surface area contributed by atoms with Crippen LogP contribution in [-0.4, -0.2) is 45.3 Å². The second-order valence-corrected chi connectivity index (χ2v) is 7.16. The summed E-state index contributed by atoms with van der Waals surface area (Å²) < 4.78 is 68.3. The van der Waals surface area contributed by atoms with E-state index >= 15 is 0 Å². The van der Waals surface area contributed by atoms with Crippen LogP contribution in [-0.2, 0) is 23.1 Å². The molecule has 2 rings (SSSR count). The lowest BCUT2D eigenvalue weighted by molar-refractivity contribution is -0.290. The summed E-state index contributed by atoms with van der Waals surface area (Å²) in [6.45, 7) is 2.86. The maximum Gasteiger partial charge on any atom is 0.456 e. The summed E-state index contributed by atoms with van der Waals surface area (Å²) in [5.74, 6) is -5.81. The van der Waals surface area contributed by atoms with E-state index in [2.05, 4.69) is 25.5 Å². The van der Waals surface area contributed by atoms with Gasteiger partial charge in [0.15, 0.2) is 6.61 Å². The maximum absolute atomic E-state index is 13.0. The second kappa shape index (κ2) is 9.49. The summed E-state index contributed by atoms with van der Waals surface area (Å²) in [5.41, 5.74) is 1.41. The van der Waals surface area contributed by atoms with Gasteiger partial charge in [0, 0.05) is 25.7 Å². The van der Waals surface area contributed by atoms with Crippen LogP contribution in [0, 0.1) is 6.92 Å². The van der Waals surface area contributed by atoms with Gasteiger partial charge in [0.2, 0.25) is 17.7 Å². The molecular formula is C19H22F5N5O3. The summed E-state index contributed by atoms with van der Waals surface area (Å²) in [6.07, 6.45) is -6.00. The smallest absolute Gasteiger partial charge is 0.456 e. The summed E-state index contributed by atoms with van der Waals surface area (Å²) in [6, 6.07) is 3.97. The molecule has 13 heteroatoms. The molecule has 2 N–H and O–H groups in total. The van der Waals surface area contributed by atoms with Gasteiger partial charge in [-0.05, 0) is 31.5 Å². The highest BCUT2D eigenvalue weighted by atomic mass is 19.4. The fourth-order valence-electron chi connectivity index (χ4n) is 2.70. The van der Waals surface area contributed by atoms with Gasteiger partial charge in [0.05, 0.1) is 18.2 Å². The SMILES string of the molecule is CC(=O)Nc1cc(C(C)NC(=O)Cc2cc(OCC(F)(F)C(F)(F)F)n(C)n2)cc(C)n1. The first-order valence-corrected chi connectivity index (χ1v) is 9.34. The van der Waals surface area contributed by atoms with Crippen molar-refractivity contribution < 1.29 is 36.3 Å². The van der Waals surface area contributed by atoms with Gasteiger partial charge >= 0.3 is 12.1 Å². The van der Waals surface area contributed by atoms with Crippen LogP contribution < -0.4 is 15.4 Å². The lowest BCUT2D eigenvalue weighted by atomic mass is 10.1. The van der Waals surface area contributed by atoms with E-state index in [1.165, 1.54) is 14.0 Å². The molecule has 0 saturated carbocycles. The molecule has 32 heavy (non-hydrogen) atoms. The molecule has 0 saturated heterocycles. The minimum Gasteiger partial charge on any atom is -0.471 e. The number of nitrogens with one attached hydrogen (secondary N) is 2. The molecule has 0 bridgehead atoms. The molecule has 0 aliphatic rings. The van der Waals surface area contributed by atoms with Crippen LogP contribution in [0.3, 0.4) is 0 Å². The normalized spacial score (nSPS) is 12.9. The summed E-state index contributed by atoms with van der Waals surface area (Å²) in [4.78, 5) is 27.8. The van der Waals surface area contributed by atoms with Crippen molar-refractivity contribution in [3.05, 3.63) is 35.2 Å². The molecule has 2 amide bonds. The van der Waals surface area contributed by atoms with Crippen LogP contribution >= 0.6 is 0 Å². The van der Waals surface area contributed by atoms with Gasteiger partial charge < -0.3 is 15.4 Å². The van der Waals surface area contributed by atoms with Crippen molar-refractivity contribution in [2.24, 2.45) is 7.05 Å². The highest BCUT2D eigenvalue weighted by molar-refractivity contribution is 5.87. The van der Waals surface area contributed by atoms with Crippen LogP contribution in [0.15, 0.2) is 18.2 Å². The number of nitrogens with zero attached hydrogens (tertiary/aromatic N) is 3. The van der Waals surface area contributed by atoms with Crippen LogP contribution in [0.2, 0.25) is 0 Å². The molecule has 0 aliphatic heterocycles. The Morgan fingerprint density at radius 2 is 1.84 bits per heavy atom. The number of carbonyl (C=O) groups is 2. The lowest BCUT2D eigenvalue weighted by Gasteiger charge is -2.19. The summed E-state index contributed by atoms with van der Waals surface area (Å²) >= 11 is 0. The number of alkyl halides is 5. The van der Waals surface area contributed by atoms with Gasteiger partial charge in [-0.3, -0.25) is 9.59 Å². The monoisotopic (exact) mass is 463 g/mol. The van der Waals surface area contributed by atoms with Gasteiger partial charge in [-0.15, -0.1) is 0 Å². The van der Waals surface area contributed by atoms with E-state index in [0.717, 1.165) is 10.7 Å². The van der Waals surface area contributed by atoms with Gasteiger partial charge in [-0.25, -0.2) is 9.67 Å². The van der Waals surface area contributed by atoms with Crippen LogP contribution in [0.5, 0.6) is 5.88 Å². The van der Waals surface area contributed by atoms with Crippen molar-refractivity contribution >= 4 is 17.6 Å². The van der Waals surface area contributed by atoms with Gasteiger partial charge in [0.25, 0.3) is 0 Å². The number of hydrogen-bond donors (Lipinski definition) is 2. The molecule has 0 radical (unpaired) electrons. The molecular weight excluding hydrogens is 441 g/mol. The first-order chi connectivity index (χ1) is 14.7. The number of hydrogen-bond acceptors (Lipinski definition) is 5. The van der Waals surface area contributed by atoms with Crippen LogP contribution in [0.4, 0.5) is 27.8 Å². The van der Waals surface area contributed by atoms with Crippen molar-refractivity contribution in [2.45, 2.75) is 45.3 Å². The van der Waals surface area contributed by atoms with Crippen LogP contribution in [0.1, 0.15) is 36.8 Å². The zero-order valence-electron chi connectivity index (χ0n) is 17.7. The minimum absolute atomic E-state index is 0.118. The number of aryl methyl sites for hydroxylation is 2. The maximum atomic E-state index is 13.0. The van der Waals surface area contributed by atoms with Gasteiger partial charge in [-0.2, -0.15) is 27.1 Å². The lowest BCUT2D eigenvalue weighted by Crippen LogP contribution is -2.42. The van der Waals surface area contributed by atoms with E-state index in [1.54, 1.807) is 26.0 Å². The zero-order chi connectivity index (χ0) is 24.3. The predicted octanol–water partition coefficient (Wildman–Crippen LogP) is 3.08. The third kappa shape index (κ3) is 6.62. The first kappa shape index (κ1) is 25.0. The molecule has 2 heterocycles. The Morgan fingerprint density at radius 3 is 2.44 bits per heavy atom. The number of pyridine rings is 1. The van der Waals surface area contributed by atoms with E-state index < -0.39 is 30.7 Å². The molecule has 8 nitrogen and oxygen atoms in total. The van der Waals surface area contributed by atoms with Crippen LogP contribution in [0.25, 0.3) is 0 Å². The molecule has 0 aliphatic carbocycles. The Balaban J connectivity index is 2.01. The average Bonchev–Trinajstić information content (AvgIpc) is 2.96. The van der Waals surface area contributed by atoms with E-state index in [0.29, 0.717) is 17.1 Å². The van der Waals surface area contributed by atoms with Crippen molar-refractivity contribution in [3.63, 3.8) is 0 Å². The van der Waals surface area contributed by atoms with Gasteiger partial charge in [-0.1, -0.05) is 0 Å². The highest BCUT2D eigenvalue weighted by Crippen LogP contribution is 2.35. The number of aromatic nitrogens is 3. The van der Waals surface area contributed by atoms with Crippen molar-refractivity contribution in [2.75, 3.05) is 11.9 Å². The second-order valence-electron chi connectivity index (χ2n) is 7.16. The first-order valence-electron chi connectivity index (χ1n) is 9.34. The summed E-state index contributed by atoms with van der Waals surface area (Å²) in [7, 11) is 1.29. The standard InChI is InChI=1S/C19H22F5N5O3/c1-10-5-13(6-15(25-10)27-12(3)30)11(2)26-16(31)7-14-8-17(29(4)28-14)32-9-18(20,21)19(22,23)24/h5-6,8,11H,7,9H2,1-4H3,(H,26,31)(H,25,27,30). The molecule has 1 atom stereocenters. The largest absolute Gasteiger partial charge is 0.471 e. The molecule has 2 aromatic rings. The predicted molar refractivity (Wildman–Crippen MR) is 103 cm³/mol. The van der Waals surface area contributed by atoms with E-state index in [4.69, 9.17) is 0 Å². The fourth-order valence-corrected chi connectivity index (χ4v) is 2.70. The molecule has 0 fully saturated rings. The quantitative estimate of drug-likeness (QED) is 0.587. The minimum atomic E-state index is -5.74. The van der Waals surface area contributed by atoms with Gasteiger partial charge in [0.1, 0.15) is 5.82 Å². The fraction of sp³-hybridized carbons (Fsp3) is 0.474. The third-order valence-corrected chi connectivity index (χ3v) is 4.20. The Kier molecular flexibility index (Phi) is 7.42. The topological polar surface area (TPSA) is 98.1 Å². The molecule has 176 valence electrons. The Labute approximate surface area is 180 Å². The third-order valence-electron chi connectivity index (χ3n) is 4.20. The van der Waals surface area contributed by atoms with Crippen molar-refractivity contribution in [1.29, 1.82) is 0 Å². The average molecular weight is 463 g/mol. The number of carbonyl (C=O) groups excluding carboxylic acids is 2. The number of amides is 2. The van der Waals surface area contributed by atoms with Crippen molar-refractivity contribution in [1.82, 2.24) is 20.1 Å². The number of ether oxygens (including phenoxy) is 1. The van der Waals surface area contributed by atoms with E-state index in [1.807, 2.05) is 0 Å². The molecule has 0 spiro atoms. The Bertz CT molecular complexity index is 990. The number of halogens is 5. The zero-order valence-corrected chi connectivity index (χ0v) is 17.7. The molecule has 2 aromatic heterocycles. The number of rotatable bonds is 8. The molecule has 0 aromatic carbocycles. The van der Waals surface area contributed by atoms with E-state index in [9.17, 15) is 31.5 Å². The highest BCUT2D eigenvalue weighted by Gasteiger charge is 2.58. The van der Waals surface area contributed by atoms with Crippen molar-refractivity contribution in [3.8, 4) is 5.88 Å².